The highest BCUT2D eigenvalue weighted by molar-refractivity contribution is 5.79. The van der Waals surface area contributed by atoms with Crippen molar-refractivity contribution in [2.24, 2.45) is 4.99 Å². The molecular formula is C21H33N5O2. The van der Waals surface area contributed by atoms with Crippen LogP contribution >= 0.6 is 0 Å². The van der Waals surface area contributed by atoms with Crippen molar-refractivity contribution in [3.8, 4) is 5.75 Å². The largest absolute Gasteiger partial charge is 0.488 e. The zero-order valence-corrected chi connectivity index (χ0v) is 17.1. The van der Waals surface area contributed by atoms with E-state index in [0.29, 0.717) is 19.2 Å². The van der Waals surface area contributed by atoms with Crippen LogP contribution in [-0.2, 0) is 11.3 Å². The molecule has 2 N–H and O–H groups in total. The van der Waals surface area contributed by atoms with Gasteiger partial charge >= 0.3 is 0 Å². The molecule has 7 nitrogen and oxygen atoms in total. The van der Waals surface area contributed by atoms with Crippen LogP contribution in [0, 0.1) is 6.92 Å². The van der Waals surface area contributed by atoms with E-state index < -0.39 is 0 Å². The molecule has 4 aliphatic heterocycles. The first-order valence-electron chi connectivity index (χ1n) is 10.5. The summed E-state index contributed by atoms with van der Waals surface area (Å²) in [5.41, 5.74) is 2.35. The summed E-state index contributed by atoms with van der Waals surface area (Å²) in [4.78, 5) is 9.56. The third-order valence-corrected chi connectivity index (χ3v) is 5.97. The van der Waals surface area contributed by atoms with Crippen LogP contribution in [0.25, 0.3) is 0 Å². The van der Waals surface area contributed by atoms with E-state index >= 15 is 0 Å². The van der Waals surface area contributed by atoms with Gasteiger partial charge in [0.2, 0.25) is 0 Å². The third kappa shape index (κ3) is 4.77. The van der Waals surface area contributed by atoms with E-state index in [1.165, 1.54) is 31.7 Å². The molecule has 2 bridgehead atoms. The molecule has 0 aromatic heterocycles. The number of fused-ring (bicyclic) bond motifs is 3. The molecule has 1 aromatic carbocycles. The number of guanidine groups is 1. The second kappa shape index (κ2) is 9.11. The summed E-state index contributed by atoms with van der Waals surface area (Å²) in [6.07, 6.45) is 1.11. The second-order valence-corrected chi connectivity index (χ2v) is 8.01. The molecule has 154 valence electrons. The molecule has 4 aliphatic rings. The predicted molar refractivity (Wildman–Crippen MR) is 111 cm³/mol. The van der Waals surface area contributed by atoms with Gasteiger partial charge in [0.25, 0.3) is 0 Å². The second-order valence-electron chi connectivity index (χ2n) is 8.01. The van der Waals surface area contributed by atoms with E-state index in [1.54, 1.807) is 0 Å². The lowest BCUT2D eigenvalue weighted by Crippen LogP contribution is -2.63. The minimum atomic E-state index is 0.156. The SMILES string of the molecule is CN=C(NCc1ccc(C)cc1OC1CCOC1)NCC1CN2CCN1CC2. The van der Waals surface area contributed by atoms with Crippen molar-refractivity contribution in [3.05, 3.63) is 29.3 Å². The van der Waals surface area contributed by atoms with Gasteiger partial charge in [-0.3, -0.25) is 14.8 Å². The lowest BCUT2D eigenvalue weighted by Gasteiger charge is -2.47. The van der Waals surface area contributed by atoms with Crippen molar-refractivity contribution >= 4 is 5.96 Å². The number of nitrogens with zero attached hydrogens (tertiary/aromatic N) is 3. The van der Waals surface area contributed by atoms with E-state index in [0.717, 1.165) is 43.4 Å². The van der Waals surface area contributed by atoms with Gasteiger partial charge in [-0.15, -0.1) is 0 Å². The predicted octanol–water partition coefficient (Wildman–Crippen LogP) is 0.828. The molecule has 0 aliphatic carbocycles. The highest BCUT2D eigenvalue weighted by Crippen LogP contribution is 2.23. The van der Waals surface area contributed by atoms with Crippen LogP contribution in [0.3, 0.4) is 0 Å². The van der Waals surface area contributed by atoms with Gasteiger partial charge in [-0.25, -0.2) is 0 Å². The van der Waals surface area contributed by atoms with Crippen LogP contribution in [0.2, 0.25) is 0 Å². The molecule has 0 spiro atoms. The van der Waals surface area contributed by atoms with Crippen LogP contribution in [0.4, 0.5) is 0 Å². The van der Waals surface area contributed by atoms with Crippen LogP contribution in [0.15, 0.2) is 23.2 Å². The Labute approximate surface area is 168 Å². The molecular weight excluding hydrogens is 354 g/mol. The molecule has 1 aromatic rings. The number of ether oxygens (including phenoxy) is 2. The number of hydrogen-bond donors (Lipinski definition) is 2. The molecule has 2 unspecified atom stereocenters. The van der Waals surface area contributed by atoms with Gasteiger partial charge in [-0.1, -0.05) is 12.1 Å². The van der Waals surface area contributed by atoms with Crippen LogP contribution in [-0.4, -0.2) is 87.4 Å². The highest BCUT2D eigenvalue weighted by Gasteiger charge is 2.31. The van der Waals surface area contributed by atoms with E-state index in [4.69, 9.17) is 9.47 Å². The van der Waals surface area contributed by atoms with E-state index in [1.807, 2.05) is 7.05 Å². The normalized spacial score (nSPS) is 29.7. The van der Waals surface area contributed by atoms with Gasteiger partial charge in [0.05, 0.1) is 13.2 Å². The third-order valence-electron chi connectivity index (χ3n) is 5.97. The molecule has 4 saturated heterocycles. The Morgan fingerprint density at radius 3 is 2.79 bits per heavy atom. The highest BCUT2D eigenvalue weighted by atomic mass is 16.5. The standard InChI is InChI=1S/C21H33N5O2/c1-16-3-4-17(20(11-16)28-19-5-10-27-15-19)12-23-21(22-2)24-13-18-14-25-6-8-26(18)9-7-25/h3-4,11,18-19H,5-10,12-15H2,1-2H3,(H2,22,23,24). The molecule has 0 saturated carbocycles. The Bertz CT molecular complexity index is 681. The fourth-order valence-corrected chi connectivity index (χ4v) is 4.24. The van der Waals surface area contributed by atoms with E-state index in [9.17, 15) is 0 Å². The van der Waals surface area contributed by atoms with Crippen molar-refractivity contribution < 1.29 is 9.47 Å². The number of rotatable bonds is 6. The monoisotopic (exact) mass is 387 g/mol. The fraction of sp³-hybridized carbons (Fsp3) is 0.667. The topological polar surface area (TPSA) is 61.4 Å². The quantitative estimate of drug-likeness (QED) is 0.557. The summed E-state index contributed by atoms with van der Waals surface area (Å²) in [6, 6.07) is 6.96. The average Bonchev–Trinajstić information content (AvgIpc) is 3.23. The van der Waals surface area contributed by atoms with Crippen molar-refractivity contribution in [1.29, 1.82) is 0 Å². The minimum absolute atomic E-state index is 0.156. The summed E-state index contributed by atoms with van der Waals surface area (Å²) < 4.78 is 11.7. The summed E-state index contributed by atoms with van der Waals surface area (Å²) in [5, 5.41) is 6.96. The molecule has 4 fully saturated rings. The number of nitrogens with one attached hydrogen (secondary N) is 2. The first kappa shape index (κ1) is 19.5. The number of aliphatic imine (C=N–C) groups is 1. The van der Waals surface area contributed by atoms with Crippen LogP contribution in [0.1, 0.15) is 17.5 Å². The summed E-state index contributed by atoms with van der Waals surface area (Å²) in [7, 11) is 1.83. The maximum absolute atomic E-state index is 6.20. The smallest absolute Gasteiger partial charge is 0.191 e. The van der Waals surface area contributed by atoms with Crippen molar-refractivity contribution in [2.75, 3.05) is 59.5 Å². The van der Waals surface area contributed by atoms with Gasteiger partial charge in [-0.2, -0.15) is 0 Å². The lowest BCUT2D eigenvalue weighted by atomic mass is 10.1. The first-order chi connectivity index (χ1) is 13.7. The van der Waals surface area contributed by atoms with E-state index in [-0.39, 0.29) is 6.10 Å². The zero-order chi connectivity index (χ0) is 19.3. The molecule has 28 heavy (non-hydrogen) atoms. The number of benzene rings is 1. The van der Waals surface area contributed by atoms with Crippen LogP contribution in [0.5, 0.6) is 5.75 Å². The van der Waals surface area contributed by atoms with Crippen molar-refractivity contribution in [2.45, 2.75) is 32.0 Å². The first-order valence-corrected chi connectivity index (χ1v) is 10.5. The summed E-state index contributed by atoms with van der Waals surface area (Å²) in [5.74, 6) is 1.79. The average molecular weight is 388 g/mol. The Kier molecular flexibility index (Phi) is 6.34. The van der Waals surface area contributed by atoms with Gasteiger partial charge in [0, 0.05) is 70.9 Å². The Morgan fingerprint density at radius 1 is 1.25 bits per heavy atom. The maximum Gasteiger partial charge on any atom is 0.191 e. The zero-order valence-electron chi connectivity index (χ0n) is 17.1. The van der Waals surface area contributed by atoms with Crippen molar-refractivity contribution in [3.63, 3.8) is 0 Å². The molecule has 7 heteroatoms. The van der Waals surface area contributed by atoms with Crippen molar-refractivity contribution in [1.82, 2.24) is 20.4 Å². The van der Waals surface area contributed by atoms with Gasteiger partial charge in [0.15, 0.2) is 5.96 Å². The Balaban J connectivity index is 1.31. The Morgan fingerprint density at radius 2 is 2.11 bits per heavy atom. The number of aryl methyl sites for hydroxylation is 1. The van der Waals surface area contributed by atoms with Gasteiger partial charge < -0.3 is 20.1 Å². The van der Waals surface area contributed by atoms with Crippen LogP contribution < -0.4 is 15.4 Å². The number of piperazine rings is 3. The van der Waals surface area contributed by atoms with E-state index in [2.05, 4.69) is 50.5 Å². The molecule has 2 atom stereocenters. The molecule has 0 amide bonds. The molecule has 0 radical (unpaired) electrons. The lowest BCUT2D eigenvalue weighted by molar-refractivity contribution is 0.0154. The molecule has 5 rings (SSSR count). The van der Waals surface area contributed by atoms with Gasteiger partial charge in [-0.05, 0) is 18.6 Å². The maximum atomic E-state index is 6.20. The molecule has 4 heterocycles. The fourth-order valence-electron chi connectivity index (χ4n) is 4.24. The Hall–Kier alpha value is -1.83. The van der Waals surface area contributed by atoms with Gasteiger partial charge in [0.1, 0.15) is 11.9 Å². The number of hydrogen-bond acceptors (Lipinski definition) is 5. The minimum Gasteiger partial charge on any atom is -0.488 e. The summed E-state index contributed by atoms with van der Waals surface area (Å²) in [6.45, 7) is 11.1. The summed E-state index contributed by atoms with van der Waals surface area (Å²) >= 11 is 0.